The minimum atomic E-state index is 0. The summed E-state index contributed by atoms with van der Waals surface area (Å²) >= 11 is 0. The first kappa shape index (κ1) is 36.0. The fraction of sp³-hybridized carbons (Fsp3) is 0.293. The van der Waals surface area contributed by atoms with Crippen LogP contribution in [-0.4, -0.2) is 39.4 Å². The predicted octanol–water partition coefficient (Wildman–Crippen LogP) is 8.62. The van der Waals surface area contributed by atoms with Crippen molar-refractivity contribution in [2.24, 2.45) is 16.8 Å². The molecule has 1 aliphatic carbocycles. The number of para-hydroxylation sites is 2. The number of allylic oxidation sites excluding steroid dienone is 6. The average molecular weight is 828 g/mol. The van der Waals surface area contributed by atoms with Crippen LogP contribution in [0.5, 0.6) is 0 Å². The van der Waals surface area contributed by atoms with Crippen molar-refractivity contribution in [3.8, 4) is 0 Å². The number of rotatable bonds is 9. The molecule has 6 nitrogen and oxygen atoms in total. The van der Waals surface area contributed by atoms with Crippen LogP contribution in [0, 0.1) is 17.9 Å². The zero-order chi connectivity index (χ0) is 33.6. The summed E-state index contributed by atoms with van der Waals surface area (Å²) < 4.78 is 0. The number of ketones is 1. The molecule has 3 aliphatic heterocycles. The summed E-state index contributed by atoms with van der Waals surface area (Å²) in [5, 5.41) is 9.76. The maximum Gasteiger partial charge on any atom is 0.297 e. The molecule has 0 bridgehead atoms. The number of aliphatic imine (C=N–C) groups is 1. The summed E-state index contributed by atoms with van der Waals surface area (Å²) in [7, 11) is 0. The Balaban J connectivity index is 0.000000252. The Morgan fingerprint density at radius 3 is 2.33 bits per heavy atom. The van der Waals surface area contributed by atoms with E-state index in [1.165, 1.54) is 17.2 Å². The standard InChI is InChI=1S/C28H20BN4.C13H24O2.Ir/c1-2-9-21(10-3-1)32-26-13-5-4-11-22(26)29-23-19-20(24-12-6-7-18-30-24)16-17-25(23)31-27-14-8-15-28(32)33(27)29;1-5-10(6-2)12(14)9-13(15)11(7-3)8-4;/h1-15,17-19,23,25H;9-11,14H,5-8H2,1-4H3;/q-1;;/b;12-9-;. The van der Waals surface area contributed by atoms with Crippen molar-refractivity contribution in [1.82, 2.24) is 9.79 Å². The number of anilines is 2. The maximum atomic E-state index is 11.7. The normalized spacial score (nSPS) is 18.7. The third-order valence-corrected chi connectivity index (χ3v) is 9.83. The number of hydrogen-bond donors (Lipinski definition) is 1. The molecule has 0 saturated carbocycles. The van der Waals surface area contributed by atoms with Crippen molar-refractivity contribution >= 4 is 40.9 Å². The number of aliphatic hydroxyl groups excluding tert-OH is 1. The van der Waals surface area contributed by atoms with Crippen molar-refractivity contribution < 1.29 is 30.0 Å². The molecule has 2 unspecified atom stereocenters. The zero-order valence-electron chi connectivity index (χ0n) is 28.7. The quantitative estimate of drug-likeness (QED) is 0.101. The largest absolute Gasteiger partial charge is 0.512 e. The summed E-state index contributed by atoms with van der Waals surface area (Å²) in [6.07, 6.45) is 21.1. The molecule has 1 radical (unpaired) electrons. The summed E-state index contributed by atoms with van der Waals surface area (Å²) in [6.45, 7) is 8.22. The monoisotopic (exact) mass is 828 g/mol. The van der Waals surface area contributed by atoms with Crippen LogP contribution in [0.25, 0.3) is 5.57 Å². The van der Waals surface area contributed by atoms with Gasteiger partial charge in [-0.05, 0) is 79.1 Å². The van der Waals surface area contributed by atoms with Crippen LogP contribution < -0.4 is 10.4 Å². The third-order valence-electron chi connectivity index (χ3n) is 9.83. The molecule has 0 saturated heterocycles. The van der Waals surface area contributed by atoms with E-state index in [1.54, 1.807) is 0 Å². The van der Waals surface area contributed by atoms with E-state index >= 15 is 0 Å². The molecule has 0 spiro atoms. The summed E-state index contributed by atoms with van der Waals surface area (Å²) in [4.78, 5) is 26.2. The van der Waals surface area contributed by atoms with Gasteiger partial charge in [0.2, 0.25) is 0 Å². The van der Waals surface area contributed by atoms with E-state index in [4.69, 9.17) is 4.99 Å². The second-order valence-corrected chi connectivity index (χ2v) is 12.6. The van der Waals surface area contributed by atoms with E-state index in [1.807, 2.05) is 52.1 Å². The van der Waals surface area contributed by atoms with Gasteiger partial charge in [0.1, 0.15) is 11.7 Å². The number of hydrogen-bond acceptors (Lipinski definition) is 6. The molecule has 2 atom stereocenters. The SMILES string of the molecule is CCC(CC)C(=O)/C=C(\O)C(CC)CC.[C-]1=CC2N=C3C=CC=C4N3B(c3ccccc3N4c3ccccc3)C2C=C1c1ccccn1.[Ir]. The second-order valence-electron chi connectivity index (χ2n) is 12.6. The van der Waals surface area contributed by atoms with Gasteiger partial charge in [0.15, 0.2) is 5.78 Å². The molecule has 2 aromatic carbocycles. The molecular formula is C41H44BIrN4O2-. The molecule has 253 valence electrons. The van der Waals surface area contributed by atoms with E-state index in [2.05, 4.69) is 106 Å². The van der Waals surface area contributed by atoms with Crippen molar-refractivity contribution in [3.05, 3.63) is 139 Å². The van der Waals surface area contributed by atoms with Gasteiger partial charge in [0.25, 0.3) is 6.85 Å². The Morgan fingerprint density at radius 2 is 1.63 bits per heavy atom. The fourth-order valence-electron chi connectivity index (χ4n) is 7.14. The van der Waals surface area contributed by atoms with Crippen LogP contribution in [0.15, 0.2) is 132 Å². The van der Waals surface area contributed by atoms with E-state index in [0.717, 1.165) is 54.3 Å². The van der Waals surface area contributed by atoms with Gasteiger partial charge >= 0.3 is 0 Å². The number of carbonyl (C=O) groups excluding carboxylic acids is 1. The molecule has 1 aromatic heterocycles. The van der Waals surface area contributed by atoms with Crippen molar-refractivity contribution in [2.75, 3.05) is 4.90 Å². The first-order chi connectivity index (χ1) is 23.5. The molecule has 4 heterocycles. The van der Waals surface area contributed by atoms with Crippen LogP contribution in [0.4, 0.5) is 11.4 Å². The van der Waals surface area contributed by atoms with Gasteiger partial charge < -0.3 is 14.9 Å². The summed E-state index contributed by atoms with van der Waals surface area (Å²) in [6, 6.07) is 25.4. The molecule has 7 rings (SSSR count). The fourth-order valence-corrected chi connectivity index (χ4v) is 7.14. The molecule has 1 N–H and O–H groups in total. The number of carbonyl (C=O) groups is 1. The average Bonchev–Trinajstić information content (AvgIpc) is 3.13. The first-order valence-electron chi connectivity index (χ1n) is 17.4. The zero-order valence-corrected chi connectivity index (χ0v) is 31.1. The van der Waals surface area contributed by atoms with Crippen LogP contribution in [0.1, 0.15) is 59.1 Å². The van der Waals surface area contributed by atoms with Gasteiger partial charge in [-0.2, -0.15) is 17.7 Å². The number of pyridine rings is 1. The van der Waals surface area contributed by atoms with Gasteiger partial charge in [-0.15, -0.1) is 6.08 Å². The Hall–Kier alpha value is -4.26. The van der Waals surface area contributed by atoms with E-state index in [0.29, 0.717) is 0 Å². The Labute approximate surface area is 305 Å². The number of amidine groups is 1. The Morgan fingerprint density at radius 1 is 0.939 bits per heavy atom. The van der Waals surface area contributed by atoms with Crippen LogP contribution in [0.2, 0.25) is 5.82 Å². The first-order valence-corrected chi connectivity index (χ1v) is 17.4. The molecule has 49 heavy (non-hydrogen) atoms. The third kappa shape index (κ3) is 7.36. The van der Waals surface area contributed by atoms with Crippen LogP contribution in [0.3, 0.4) is 0 Å². The topological polar surface area (TPSA) is 69.0 Å². The van der Waals surface area contributed by atoms with Gasteiger partial charge in [-0.25, -0.2) is 0 Å². The van der Waals surface area contributed by atoms with Crippen LogP contribution >= 0.6 is 0 Å². The minimum Gasteiger partial charge on any atom is -0.512 e. The molecule has 3 aromatic rings. The van der Waals surface area contributed by atoms with Crippen LogP contribution in [-0.2, 0) is 24.9 Å². The number of aliphatic hydroxyl groups is 1. The predicted molar refractivity (Wildman–Crippen MR) is 198 cm³/mol. The summed E-state index contributed by atoms with van der Waals surface area (Å²) in [5.74, 6) is 2.87. The van der Waals surface area contributed by atoms with Crippen molar-refractivity contribution in [2.45, 2.75) is 65.2 Å². The Kier molecular flexibility index (Phi) is 12.1. The molecule has 0 amide bonds. The van der Waals surface area contributed by atoms with Crippen molar-refractivity contribution in [1.29, 1.82) is 0 Å². The van der Waals surface area contributed by atoms with Crippen molar-refractivity contribution in [3.63, 3.8) is 0 Å². The number of nitrogens with zero attached hydrogens (tertiary/aromatic N) is 4. The molecular weight excluding hydrogens is 784 g/mol. The van der Waals surface area contributed by atoms with Gasteiger partial charge in [-0.1, -0.05) is 82.3 Å². The number of benzene rings is 2. The molecule has 8 heteroatoms. The smallest absolute Gasteiger partial charge is 0.297 e. The van der Waals surface area contributed by atoms with Gasteiger partial charge in [0.05, 0.1) is 11.8 Å². The number of fused-ring (bicyclic) bond motifs is 4. The van der Waals surface area contributed by atoms with E-state index in [-0.39, 0.29) is 62.2 Å². The maximum absolute atomic E-state index is 11.7. The van der Waals surface area contributed by atoms with Gasteiger partial charge in [0, 0.05) is 55.6 Å². The van der Waals surface area contributed by atoms with E-state index < -0.39 is 0 Å². The Bertz CT molecular complexity index is 1790. The van der Waals surface area contributed by atoms with E-state index in [9.17, 15) is 9.90 Å². The summed E-state index contributed by atoms with van der Waals surface area (Å²) in [5.41, 5.74) is 5.66. The minimum absolute atomic E-state index is 0. The second kappa shape index (κ2) is 16.4. The van der Waals surface area contributed by atoms with Gasteiger partial charge in [-0.3, -0.25) is 14.7 Å². The number of aromatic nitrogens is 1. The molecule has 4 aliphatic rings. The molecule has 0 fully saturated rings.